The van der Waals surface area contributed by atoms with Gasteiger partial charge in [-0.3, -0.25) is 0 Å². The third kappa shape index (κ3) is 4.97. The Balaban J connectivity index is 2.02. The zero-order chi connectivity index (χ0) is 13.7. The quantitative estimate of drug-likeness (QED) is 0.450. The second kappa shape index (κ2) is 7.51. The highest BCUT2D eigenvalue weighted by atomic mass is 127. The van der Waals surface area contributed by atoms with Gasteiger partial charge in [-0.25, -0.2) is 0 Å². The minimum atomic E-state index is 0.445. The van der Waals surface area contributed by atoms with Crippen LogP contribution >= 0.6 is 45.8 Å². The lowest BCUT2D eigenvalue weighted by Gasteiger charge is -2.14. The minimum absolute atomic E-state index is 0.445. The standard InChI is InChI=1S/C16H15Cl2I/c17-11-14(8-12-4-6-16(19)7-5-12)9-13-2-1-3-15(18)10-13/h1-7,10,14H,8-9,11H2. The molecule has 0 bridgehead atoms. The van der Waals surface area contributed by atoms with E-state index < -0.39 is 0 Å². The summed E-state index contributed by atoms with van der Waals surface area (Å²) in [5.74, 6) is 1.11. The van der Waals surface area contributed by atoms with Crippen LogP contribution in [0.15, 0.2) is 48.5 Å². The molecule has 0 spiro atoms. The molecule has 3 heteroatoms. The van der Waals surface area contributed by atoms with E-state index in [-0.39, 0.29) is 0 Å². The Morgan fingerprint density at radius 2 is 1.63 bits per heavy atom. The van der Waals surface area contributed by atoms with Crippen LogP contribution in [0, 0.1) is 9.49 Å². The lowest BCUT2D eigenvalue weighted by molar-refractivity contribution is 0.584. The fourth-order valence-corrected chi connectivity index (χ4v) is 2.92. The van der Waals surface area contributed by atoms with Crippen LogP contribution in [0.5, 0.6) is 0 Å². The number of hydrogen-bond acceptors (Lipinski definition) is 0. The predicted octanol–water partition coefficient (Wildman–Crippen LogP) is 5.58. The van der Waals surface area contributed by atoms with E-state index in [4.69, 9.17) is 23.2 Å². The van der Waals surface area contributed by atoms with E-state index in [0.29, 0.717) is 11.8 Å². The van der Waals surface area contributed by atoms with E-state index in [1.807, 2.05) is 18.2 Å². The molecule has 0 saturated heterocycles. The molecular weight excluding hydrogens is 390 g/mol. The third-order valence-corrected chi connectivity index (χ3v) is 4.46. The highest BCUT2D eigenvalue weighted by molar-refractivity contribution is 14.1. The van der Waals surface area contributed by atoms with Gasteiger partial charge in [0.05, 0.1) is 0 Å². The molecule has 100 valence electrons. The molecule has 1 unspecified atom stereocenters. The van der Waals surface area contributed by atoms with Crippen LogP contribution in [-0.4, -0.2) is 5.88 Å². The summed E-state index contributed by atoms with van der Waals surface area (Å²) >= 11 is 14.4. The Hall–Kier alpha value is -0.250. The normalized spacial score (nSPS) is 12.4. The summed E-state index contributed by atoms with van der Waals surface area (Å²) < 4.78 is 1.26. The molecule has 0 aliphatic heterocycles. The average molecular weight is 405 g/mol. The largest absolute Gasteiger partial charge is 0.126 e. The van der Waals surface area contributed by atoms with Crippen molar-refractivity contribution in [3.05, 3.63) is 68.3 Å². The molecule has 1 atom stereocenters. The molecule has 2 aromatic rings. The fourth-order valence-electron chi connectivity index (χ4n) is 2.13. The van der Waals surface area contributed by atoms with E-state index in [9.17, 15) is 0 Å². The zero-order valence-corrected chi connectivity index (χ0v) is 14.1. The van der Waals surface area contributed by atoms with E-state index >= 15 is 0 Å². The molecule has 0 nitrogen and oxygen atoms in total. The first-order valence-electron chi connectivity index (χ1n) is 6.22. The molecule has 0 amide bonds. The summed E-state index contributed by atoms with van der Waals surface area (Å²) in [6.07, 6.45) is 1.98. The number of halogens is 3. The van der Waals surface area contributed by atoms with Gasteiger partial charge in [0, 0.05) is 14.5 Å². The van der Waals surface area contributed by atoms with Crippen molar-refractivity contribution in [3.8, 4) is 0 Å². The van der Waals surface area contributed by atoms with Crippen LogP contribution in [0.25, 0.3) is 0 Å². The lowest BCUT2D eigenvalue weighted by Crippen LogP contribution is -2.10. The van der Waals surface area contributed by atoms with Crippen LogP contribution in [0.4, 0.5) is 0 Å². The molecule has 0 aromatic heterocycles. The van der Waals surface area contributed by atoms with E-state index in [0.717, 1.165) is 17.9 Å². The second-order valence-corrected chi connectivity index (χ2v) is 6.68. The van der Waals surface area contributed by atoms with Crippen LogP contribution < -0.4 is 0 Å². The second-order valence-electron chi connectivity index (χ2n) is 4.68. The van der Waals surface area contributed by atoms with Gasteiger partial charge in [-0.15, -0.1) is 11.6 Å². The van der Waals surface area contributed by atoms with Crippen molar-refractivity contribution >= 4 is 45.8 Å². The first-order chi connectivity index (χ1) is 9.17. The highest BCUT2D eigenvalue weighted by Gasteiger charge is 2.10. The maximum atomic E-state index is 6.10. The summed E-state index contributed by atoms with van der Waals surface area (Å²) in [6, 6.07) is 16.7. The Bertz CT molecular complexity index is 523. The molecule has 0 radical (unpaired) electrons. The molecule has 2 rings (SSSR count). The molecule has 0 fully saturated rings. The van der Waals surface area contributed by atoms with Crippen molar-refractivity contribution in [1.82, 2.24) is 0 Å². The summed E-state index contributed by atoms with van der Waals surface area (Å²) in [6.45, 7) is 0. The fraction of sp³-hybridized carbons (Fsp3) is 0.250. The van der Waals surface area contributed by atoms with Crippen molar-refractivity contribution < 1.29 is 0 Å². The van der Waals surface area contributed by atoms with E-state index in [1.165, 1.54) is 14.7 Å². The molecule has 0 aliphatic rings. The molecule has 0 saturated carbocycles. The van der Waals surface area contributed by atoms with Crippen LogP contribution in [0.1, 0.15) is 11.1 Å². The molecule has 0 aliphatic carbocycles. The van der Waals surface area contributed by atoms with Crippen molar-refractivity contribution in [3.63, 3.8) is 0 Å². The van der Waals surface area contributed by atoms with Gasteiger partial charge in [0.2, 0.25) is 0 Å². The van der Waals surface area contributed by atoms with Crippen LogP contribution in [0.3, 0.4) is 0 Å². The topological polar surface area (TPSA) is 0 Å². The van der Waals surface area contributed by atoms with Crippen LogP contribution in [-0.2, 0) is 12.8 Å². The van der Waals surface area contributed by atoms with E-state index in [2.05, 4.69) is 52.9 Å². The maximum absolute atomic E-state index is 6.10. The Morgan fingerprint density at radius 1 is 0.947 bits per heavy atom. The zero-order valence-electron chi connectivity index (χ0n) is 10.5. The summed E-state index contributed by atoms with van der Waals surface area (Å²) in [5, 5.41) is 0.792. The third-order valence-electron chi connectivity index (χ3n) is 3.07. The van der Waals surface area contributed by atoms with Crippen molar-refractivity contribution in [1.29, 1.82) is 0 Å². The predicted molar refractivity (Wildman–Crippen MR) is 92.2 cm³/mol. The van der Waals surface area contributed by atoms with Crippen molar-refractivity contribution in [2.24, 2.45) is 5.92 Å². The Kier molecular flexibility index (Phi) is 5.99. The number of hydrogen-bond donors (Lipinski definition) is 0. The summed E-state index contributed by atoms with van der Waals surface area (Å²) in [5.41, 5.74) is 2.59. The maximum Gasteiger partial charge on any atom is 0.0408 e. The van der Waals surface area contributed by atoms with Gasteiger partial charge in [0.1, 0.15) is 0 Å². The van der Waals surface area contributed by atoms with Gasteiger partial charge >= 0.3 is 0 Å². The van der Waals surface area contributed by atoms with Gasteiger partial charge in [0.15, 0.2) is 0 Å². The van der Waals surface area contributed by atoms with Crippen LogP contribution in [0.2, 0.25) is 5.02 Å². The van der Waals surface area contributed by atoms with Gasteiger partial charge in [-0.1, -0.05) is 35.9 Å². The number of rotatable bonds is 5. The number of alkyl halides is 1. The van der Waals surface area contributed by atoms with E-state index in [1.54, 1.807) is 0 Å². The summed E-state index contributed by atoms with van der Waals surface area (Å²) in [4.78, 5) is 0. The lowest BCUT2D eigenvalue weighted by atomic mass is 9.94. The van der Waals surface area contributed by atoms with Gasteiger partial charge in [0.25, 0.3) is 0 Å². The van der Waals surface area contributed by atoms with Gasteiger partial charge in [-0.2, -0.15) is 0 Å². The minimum Gasteiger partial charge on any atom is -0.126 e. The molecular formula is C16H15Cl2I. The van der Waals surface area contributed by atoms with Gasteiger partial charge in [-0.05, 0) is 76.7 Å². The molecule has 0 N–H and O–H groups in total. The SMILES string of the molecule is ClCC(Cc1ccc(I)cc1)Cc1cccc(Cl)c1. The van der Waals surface area contributed by atoms with Crippen molar-refractivity contribution in [2.45, 2.75) is 12.8 Å². The summed E-state index contributed by atoms with van der Waals surface area (Å²) in [7, 11) is 0. The molecule has 2 aromatic carbocycles. The Labute approximate surface area is 138 Å². The first-order valence-corrected chi connectivity index (χ1v) is 8.21. The number of benzene rings is 2. The smallest absolute Gasteiger partial charge is 0.0408 e. The monoisotopic (exact) mass is 404 g/mol. The molecule has 0 heterocycles. The highest BCUT2D eigenvalue weighted by Crippen LogP contribution is 2.19. The van der Waals surface area contributed by atoms with Gasteiger partial charge < -0.3 is 0 Å². The van der Waals surface area contributed by atoms with Crippen molar-refractivity contribution in [2.75, 3.05) is 5.88 Å². The average Bonchev–Trinajstić information content (AvgIpc) is 2.40. The first kappa shape index (κ1) is 15.1. The molecule has 19 heavy (non-hydrogen) atoms. The Morgan fingerprint density at radius 3 is 2.26 bits per heavy atom.